The highest BCUT2D eigenvalue weighted by Gasteiger charge is 2.26. The lowest BCUT2D eigenvalue weighted by Crippen LogP contribution is -2.51. The van der Waals surface area contributed by atoms with Gasteiger partial charge in [0, 0.05) is 5.56 Å². The number of fused-ring (bicyclic) bond motifs is 1. The summed E-state index contributed by atoms with van der Waals surface area (Å²) in [6.07, 6.45) is -1.10. The smallest absolute Gasteiger partial charge is 0.211 e. The fourth-order valence-corrected chi connectivity index (χ4v) is 3.16. The van der Waals surface area contributed by atoms with Gasteiger partial charge in [-0.2, -0.15) is 0 Å². The van der Waals surface area contributed by atoms with Gasteiger partial charge in [-0.25, -0.2) is 4.98 Å². The number of pyridine rings is 1. The zero-order chi connectivity index (χ0) is 22.2. The molecule has 2 N–H and O–H groups in total. The quantitative estimate of drug-likeness (QED) is 0.459. The molecule has 8 radical (unpaired) electrons. The van der Waals surface area contributed by atoms with Crippen LogP contribution >= 0.6 is 11.6 Å². The van der Waals surface area contributed by atoms with E-state index in [1.54, 1.807) is 6.92 Å². The minimum atomic E-state index is -1.10. The Labute approximate surface area is 180 Å². The van der Waals surface area contributed by atoms with Gasteiger partial charge in [0.25, 0.3) is 0 Å². The van der Waals surface area contributed by atoms with Crippen LogP contribution in [-0.2, 0) is 0 Å². The predicted molar refractivity (Wildman–Crippen MR) is 120 cm³/mol. The molecule has 3 aromatic rings. The molecule has 0 aliphatic rings. The molecule has 0 fully saturated rings. The van der Waals surface area contributed by atoms with Gasteiger partial charge in [-0.15, -0.1) is 5.46 Å². The topological polar surface area (TPSA) is 74.8 Å². The van der Waals surface area contributed by atoms with Crippen LogP contribution in [-0.4, -0.2) is 56.8 Å². The molecule has 2 heterocycles. The summed E-state index contributed by atoms with van der Waals surface area (Å²) in [7, 11) is 23.8. The Balaban J connectivity index is 0.00000145. The van der Waals surface area contributed by atoms with Gasteiger partial charge in [0.2, 0.25) is 5.78 Å². The Morgan fingerprint density at radius 1 is 1.14 bits per heavy atom. The third-order valence-electron chi connectivity index (χ3n) is 4.37. The lowest BCUT2D eigenvalue weighted by molar-refractivity contribution is 0.102. The number of benzene rings is 1. The number of hydrogen-bond donors (Lipinski definition) is 2. The number of aliphatic hydroxyl groups excluding tert-OH is 1. The predicted octanol–water partition coefficient (Wildman–Crippen LogP) is -0.513. The Kier molecular flexibility index (Phi) is 6.97. The summed E-state index contributed by atoms with van der Waals surface area (Å²) < 4.78 is 1.27. The zero-order valence-corrected chi connectivity index (χ0v) is 17.4. The van der Waals surface area contributed by atoms with Crippen LogP contribution in [0.3, 0.4) is 0 Å². The third kappa shape index (κ3) is 3.86. The van der Waals surface area contributed by atoms with Crippen molar-refractivity contribution >= 4 is 76.4 Å². The van der Waals surface area contributed by atoms with Gasteiger partial charge in [0.15, 0.2) is 0 Å². The van der Waals surface area contributed by atoms with Gasteiger partial charge in [-0.3, -0.25) is 4.79 Å². The normalized spacial score (nSPS) is 11.8. The van der Waals surface area contributed by atoms with Gasteiger partial charge >= 0.3 is 0 Å². The van der Waals surface area contributed by atoms with Crippen molar-refractivity contribution in [3.8, 4) is 5.75 Å². The third-order valence-corrected chi connectivity index (χ3v) is 4.66. The SMILES string of the molecule is CC.[B]c1c([B])c([B])n2c(C(=O)c3cc(C)c(O)c(Cl)c3)c(C(C)O)nc2c1[B]. The number of phenols is 1. The van der Waals surface area contributed by atoms with E-state index in [1.807, 2.05) is 13.8 Å². The van der Waals surface area contributed by atoms with Gasteiger partial charge in [-0.05, 0) is 37.1 Å². The van der Waals surface area contributed by atoms with Crippen LogP contribution in [0, 0.1) is 6.92 Å². The summed E-state index contributed by atoms with van der Waals surface area (Å²) in [5.74, 6) is -0.651. The van der Waals surface area contributed by atoms with E-state index in [0.717, 1.165) is 0 Å². The number of aryl methyl sites for hydroxylation is 1. The Morgan fingerprint density at radius 3 is 2.24 bits per heavy atom. The highest BCUT2D eigenvalue weighted by molar-refractivity contribution is 6.63. The largest absolute Gasteiger partial charge is 0.506 e. The summed E-state index contributed by atoms with van der Waals surface area (Å²) in [4.78, 5) is 17.5. The van der Waals surface area contributed by atoms with Crippen LogP contribution in [0.1, 0.15) is 54.2 Å². The summed E-state index contributed by atoms with van der Waals surface area (Å²) in [6.45, 7) is 7.06. The maximum absolute atomic E-state index is 13.2. The molecule has 1 aromatic carbocycles. The number of imidazole rings is 1. The Hall–Kier alpha value is -2.11. The lowest BCUT2D eigenvalue weighted by Gasteiger charge is -2.16. The van der Waals surface area contributed by atoms with Gasteiger partial charge in [0.1, 0.15) is 48.5 Å². The number of ketones is 1. The fourth-order valence-electron chi connectivity index (χ4n) is 2.89. The van der Waals surface area contributed by atoms with Crippen molar-refractivity contribution in [1.82, 2.24) is 9.38 Å². The Morgan fingerprint density at radius 2 is 1.72 bits per heavy atom. The first-order valence-corrected chi connectivity index (χ1v) is 9.30. The van der Waals surface area contributed by atoms with Crippen molar-refractivity contribution in [2.75, 3.05) is 0 Å². The van der Waals surface area contributed by atoms with E-state index in [4.69, 9.17) is 43.0 Å². The van der Waals surface area contributed by atoms with E-state index in [9.17, 15) is 15.0 Å². The van der Waals surface area contributed by atoms with Crippen LogP contribution in [0.15, 0.2) is 12.1 Å². The number of halogens is 1. The summed E-state index contributed by atoms with van der Waals surface area (Å²) in [6, 6.07) is 2.78. The molecule has 0 saturated carbocycles. The summed E-state index contributed by atoms with van der Waals surface area (Å²) in [5, 5.41) is 20.0. The van der Waals surface area contributed by atoms with Crippen LogP contribution in [0.25, 0.3) is 5.65 Å². The minimum Gasteiger partial charge on any atom is -0.506 e. The second-order valence-electron chi connectivity index (χ2n) is 6.26. The van der Waals surface area contributed by atoms with Crippen LogP contribution in [0.5, 0.6) is 5.75 Å². The first kappa shape index (κ1) is 23.2. The second kappa shape index (κ2) is 8.72. The average molecular weight is 400 g/mol. The summed E-state index contributed by atoms with van der Waals surface area (Å²) >= 11 is 5.99. The molecule has 3 rings (SSSR count). The van der Waals surface area contributed by atoms with E-state index in [1.165, 1.54) is 23.5 Å². The number of aromatic nitrogens is 2. The maximum Gasteiger partial charge on any atom is 0.211 e. The molecular weight excluding hydrogens is 383 g/mol. The number of carbonyl (C=O) groups is 1. The van der Waals surface area contributed by atoms with E-state index in [0.29, 0.717) is 5.56 Å². The molecular formula is C19H17B4ClN2O3. The molecule has 2 aromatic heterocycles. The molecule has 5 nitrogen and oxygen atoms in total. The van der Waals surface area contributed by atoms with Crippen LogP contribution in [0.4, 0.5) is 0 Å². The number of nitrogens with zero attached hydrogens (tertiary/aromatic N) is 2. The van der Waals surface area contributed by atoms with Crippen LogP contribution in [0.2, 0.25) is 5.02 Å². The number of phenolic OH excluding ortho intramolecular Hbond substituents is 1. The van der Waals surface area contributed by atoms with Crippen molar-refractivity contribution in [1.29, 1.82) is 0 Å². The first-order chi connectivity index (χ1) is 13.6. The fraction of sp³-hybridized carbons (Fsp3) is 0.263. The number of aromatic hydroxyl groups is 1. The summed E-state index contributed by atoms with van der Waals surface area (Å²) in [5.41, 5.74) is 0.807. The molecule has 1 unspecified atom stereocenters. The molecule has 0 saturated heterocycles. The molecule has 0 aliphatic carbocycles. The van der Waals surface area contributed by atoms with Crippen molar-refractivity contribution < 1.29 is 15.0 Å². The number of hydrogen-bond acceptors (Lipinski definition) is 4. The average Bonchev–Trinajstić information content (AvgIpc) is 3.10. The number of carbonyl (C=O) groups excluding carboxylic acids is 1. The van der Waals surface area contributed by atoms with Crippen LogP contribution < -0.4 is 22.0 Å². The molecule has 0 amide bonds. The Bertz CT molecular complexity index is 1090. The second-order valence-corrected chi connectivity index (χ2v) is 6.67. The van der Waals surface area contributed by atoms with E-state index < -0.39 is 11.9 Å². The van der Waals surface area contributed by atoms with Gasteiger partial charge < -0.3 is 14.6 Å². The van der Waals surface area contributed by atoms with Gasteiger partial charge in [0.05, 0.1) is 16.8 Å². The first-order valence-electron chi connectivity index (χ1n) is 8.92. The molecule has 0 bridgehead atoms. The molecule has 0 aliphatic heterocycles. The van der Waals surface area contributed by atoms with Crippen molar-refractivity contribution in [2.24, 2.45) is 0 Å². The highest BCUT2D eigenvalue weighted by Crippen LogP contribution is 2.30. The maximum atomic E-state index is 13.2. The molecule has 140 valence electrons. The lowest BCUT2D eigenvalue weighted by atomic mass is 9.69. The van der Waals surface area contributed by atoms with E-state index >= 15 is 0 Å². The number of rotatable bonds is 3. The minimum absolute atomic E-state index is 0.00325. The highest BCUT2D eigenvalue weighted by atomic mass is 35.5. The molecule has 1 atom stereocenters. The molecule has 10 heteroatoms. The van der Waals surface area contributed by atoms with Gasteiger partial charge in [-0.1, -0.05) is 36.4 Å². The van der Waals surface area contributed by atoms with E-state index in [-0.39, 0.29) is 55.4 Å². The standard InChI is InChI=1S/C17H11B4ClN2O3.C2H6/c1-5-3-7(4-8(22)14(5)26)15(27)13-12(6(2)25)23-17-11(20)9(18)10(19)16(21)24(13)17;1-2/h3-4,6,25-26H,1-2H3;1-2H3. The number of aliphatic hydroxyl groups is 1. The molecule has 29 heavy (non-hydrogen) atoms. The van der Waals surface area contributed by atoms with E-state index in [2.05, 4.69) is 4.98 Å². The zero-order valence-electron chi connectivity index (χ0n) is 16.6. The molecule has 0 spiro atoms. The monoisotopic (exact) mass is 400 g/mol. The van der Waals surface area contributed by atoms with Crippen molar-refractivity contribution in [3.63, 3.8) is 0 Å². The van der Waals surface area contributed by atoms with Crippen molar-refractivity contribution in [2.45, 2.75) is 33.8 Å². The van der Waals surface area contributed by atoms with Crippen molar-refractivity contribution in [3.05, 3.63) is 39.7 Å².